The lowest BCUT2D eigenvalue weighted by Crippen LogP contribution is -2.43. The van der Waals surface area contributed by atoms with Crippen LogP contribution in [0, 0.1) is 17.8 Å². The SMILES string of the molecule is NC(CCC(=O)O)C(=O)NCC1CC2CCC1C2. The highest BCUT2D eigenvalue weighted by atomic mass is 16.4. The highest BCUT2D eigenvalue weighted by Gasteiger charge is 2.39. The highest BCUT2D eigenvalue weighted by molar-refractivity contribution is 5.82. The van der Waals surface area contributed by atoms with Gasteiger partial charge in [0.05, 0.1) is 6.04 Å². The second kappa shape index (κ2) is 5.69. The second-order valence-electron chi connectivity index (χ2n) is 5.72. The average Bonchev–Trinajstić information content (AvgIpc) is 2.94. The minimum absolute atomic E-state index is 0.0529. The van der Waals surface area contributed by atoms with E-state index in [-0.39, 0.29) is 18.7 Å². The van der Waals surface area contributed by atoms with E-state index in [2.05, 4.69) is 5.32 Å². The Morgan fingerprint density at radius 3 is 2.67 bits per heavy atom. The Morgan fingerprint density at radius 1 is 1.33 bits per heavy atom. The molecule has 0 spiro atoms. The summed E-state index contributed by atoms with van der Waals surface area (Å²) in [7, 11) is 0. The zero-order valence-electron chi connectivity index (χ0n) is 10.6. The molecule has 0 heterocycles. The van der Waals surface area contributed by atoms with E-state index >= 15 is 0 Å². The maximum absolute atomic E-state index is 11.7. The molecule has 0 aromatic rings. The van der Waals surface area contributed by atoms with Crippen LogP contribution in [0.1, 0.15) is 38.5 Å². The Balaban J connectivity index is 1.66. The molecule has 18 heavy (non-hydrogen) atoms. The molecule has 2 aliphatic carbocycles. The fraction of sp³-hybridized carbons (Fsp3) is 0.846. The minimum atomic E-state index is -0.911. The third kappa shape index (κ3) is 3.22. The molecule has 4 atom stereocenters. The van der Waals surface area contributed by atoms with Crippen molar-refractivity contribution in [3.05, 3.63) is 0 Å². The summed E-state index contributed by atoms with van der Waals surface area (Å²) in [6, 6.07) is -0.695. The van der Waals surface area contributed by atoms with Gasteiger partial charge in [-0.1, -0.05) is 6.42 Å². The van der Waals surface area contributed by atoms with E-state index in [0.29, 0.717) is 12.5 Å². The molecular formula is C13H22N2O3. The Bertz CT molecular complexity index is 332. The molecule has 0 saturated heterocycles. The van der Waals surface area contributed by atoms with Crippen LogP contribution in [0.2, 0.25) is 0 Å². The molecule has 4 unspecified atom stereocenters. The number of fused-ring (bicyclic) bond motifs is 2. The predicted molar refractivity (Wildman–Crippen MR) is 66.8 cm³/mol. The summed E-state index contributed by atoms with van der Waals surface area (Å²) in [4.78, 5) is 22.1. The van der Waals surface area contributed by atoms with Gasteiger partial charge in [-0.2, -0.15) is 0 Å². The molecule has 1 amide bonds. The van der Waals surface area contributed by atoms with Crippen LogP contribution in [0.4, 0.5) is 0 Å². The van der Waals surface area contributed by atoms with Gasteiger partial charge in [-0.3, -0.25) is 9.59 Å². The van der Waals surface area contributed by atoms with E-state index < -0.39 is 12.0 Å². The Morgan fingerprint density at radius 2 is 2.11 bits per heavy atom. The van der Waals surface area contributed by atoms with Crippen molar-refractivity contribution in [2.75, 3.05) is 6.54 Å². The van der Waals surface area contributed by atoms with Crippen molar-refractivity contribution >= 4 is 11.9 Å². The molecule has 5 nitrogen and oxygen atoms in total. The van der Waals surface area contributed by atoms with Crippen LogP contribution in [-0.2, 0) is 9.59 Å². The lowest BCUT2D eigenvalue weighted by atomic mass is 9.89. The Hall–Kier alpha value is -1.10. The van der Waals surface area contributed by atoms with E-state index in [4.69, 9.17) is 10.8 Å². The third-order valence-corrected chi connectivity index (χ3v) is 4.43. The van der Waals surface area contributed by atoms with E-state index in [1.54, 1.807) is 0 Å². The number of carboxylic acid groups (broad SMARTS) is 1. The van der Waals surface area contributed by atoms with Crippen LogP contribution >= 0.6 is 0 Å². The monoisotopic (exact) mass is 254 g/mol. The number of carbonyl (C=O) groups excluding carboxylic acids is 1. The summed E-state index contributed by atoms with van der Waals surface area (Å²) >= 11 is 0. The van der Waals surface area contributed by atoms with Crippen molar-refractivity contribution in [2.24, 2.45) is 23.5 Å². The topological polar surface area (TPSA) is 92.4 Å². The molecule has 0 aromatic heterocycles. The van der Waals surface area contributed by atoms with Gasteiger partial charge in [0, 0.05) is 13.0 Å². The van der Waals surface area contributed by atoms with Crippen molar-refractivity contribution in [3.63, 3.8) is 0 Å². The fourth-order valence-electron chi connectivity index (χ4n) is 3.40. The van der Waals surface area contributed by atoms with Crippen molar-refractivity contribution in [1.29, 1.82) is 0 Å². The van der Waals surface area contributed by atoms with Crippen LogP contribution in [-0.4, -0.2) is 29.6 Å². The lowest BCUT2D eigenvalue weighted by Gasteiger charge is -2.22. The fourth-order valence-corrected chi connectivity index (χ4v) is 3.40. The van der Waals surface area contributed by atoms with E-state index in [1.165, 1.54) is 25.7 Å². The summed E-state index contributed by atoms with van der Waals surface area (Å²) < 4.78 is 0. The first-order valence-corrected chi connectivity index (χ1v) is 6.81. The lowest BCUT2D eigenvalue weighted by molar-refractivity contribution is -0.137. The number of aliphatic carboxylic acids is 1. The maximum Gasteiger partial charge on any atom is 0.303 e. The Kier molecular flexibility index (Phi) is 4.22. The molecule has 2 aliphatic rings. The van der Waals surface area contributed by atoms with E-state index in [9.17, 15) is 9.59 Å². The molecule has 0 aromatic carbocycles. The molecule has 2 saturated carbocycles. The van der Waals surface area contributed by atoms with Crippen molar-refractivity contribution in [3.8, 4) is 0 Å². The van der Waals surface area contributed by atoms with Crippen molar-refractivity contribution in [2.45, 2.75) is 44.6 Å². The standard InChI is InChI=1S/C13H22N2O3/c14-11(3-4-12(16)17)13(18)15-7-10-6-8-1-2-9(10)5-8/h8-11H,1-7,14H2,(H,15,18)(H,16,17). The number of amides is 1. The van der Waals surface area contributed by atoms with E-state index in [0.717, 1.165) is 11.8 Å². The summed E-state index contributed by atoms with van der Waals surface area (Å²) in [5.74, 6) is 1.15. The van der Waals surface area contributed by atoms with Gasteiger partial charge in [-0.05, 0) is 43.4 Å². The van der Waals surface area contributed by atoms with Crippen LogP contribution in [0.15, 0.2) is 0 Å². The number of hydrogen-bond acceptors (Lipinski definition) is 3. The number of carboxylic acids is 1. The minimum Gasteiger partial charge on any atom is -0.481 e. The smallest absolute Gasteiger partial charge is 0.303 e. The predicted octanol–water partition coefficient (Wildman–Crippen LogP) is 0.731. The second-order valence-corrected chi connectivity index (χ2v) is 5.72. The van der Waals surface area contributed by atoms with Gasteiger partial charge in [-0.25, -0.2) is 0 Å². The quantitative estimate of drug-likeness (QED) is 0.651. The largest absolute Gasteiger partial charge is 0.481 e. The first kappa shape index (κ1) is 13.3. The van der Waals surface area contributed by atoms with Gasteiger partial charge in [0.1, 0.15) is 0 Å². The number of hydrogen-bond donors (Lipinski definition) is 3. The normalized spacial score (nSPS) is 31.3. The molecule has 0 radical (unpaired) electrons. The van der Waals surface area contributed by atoms with Crippen molar-refractivity contribution < 1.29 is 14.7 Å². The summed E-state index contributed by atoms with van der Waals surface area (Å²) in [5.41, 5.74) is 5.65. The molecule has 0 aliphatic heterocycles. The number of carbonyl (C=O) groups is 2. The zero-order valence-corrected chi connectivity index (χ0v) is 10.6. The Labute approximate surface area is 107 Å². The summed E-state index contributed by atoms with van der Waals surface area (Å²) in [5, 5.41) is 11.4. The van der Waals surface area contributed by atoms with Gasteiger partial charge in [0.15, 0.2) is 0 Å². The van der Waals surface area contributed by atoms with Gasteiger partial charge in [0.25, 0.3) is 0 Å². The van der Waals surface area contributed by atoms with Gasteiger partial charge < -0.3 is 16.2 Å². The molecule has 4 N–H and O–H groups in total. The number of nitrogens with two attached hydrogens (primary N) is 1. The van der Waals surface area contributed by atoms with Crippen molar-refractivity contribution in [1.82, 2.24) is 5.32 Å². The number of nitrogens with one attached hydrogen (secondary N) is 1. The zero-order chi connectivity index (χ0) is 13.1. The van der Waals surface area contributed by atoms with Crippen LogP contribution in [0.25, 0.3) is 0 Å². The van der Waals surface area contributed by atoms with Crippen LogP contribution in [0.5, 0.6) is 0 Å². The van der Waals surface area contributed by atoms with E-state index in [1.807, 2.05) is 0 Å². The maximum atomic E-state index is 11.7. The molecule has 102 valence electrons. The van der Waals surface area contributed by atoms with Crippen LogP contribution < -0.4 is 11.1 Å². The molecule has 2 bridgehead atoms. The highest BCUT2D eigenvalue weighted by Crippen LogP contribution is 2.47. The van der Waals surface area contributed by atoms with Gasteiger partial charge >= 0.3 is 5.97 Å². The van der Waals surface area contributed by atoms with Gasteiger partial charge in [-0.15, -0.1) is 0 Å². The first-order chi connectivity index (χ1) is 8.56. The molecule has 2 fully saturated rings. The molecule has 5 heteroatoms. The average molecular weight is 254 g/mol. The third-order valence-electron chi connectivity index (χ3n) is 4.43. The van der Waals surface area contributed by atoms with Gasteiger partial charge in [0.2, 0.25) is 5.91 Å². The summed E-state index contributed by atoms with van der Waals surface area (Å²) in [6.45, 7) is 0.709. The first-order valence-electron chi connectivity index (χ1n) is 6.81. The summed E-state index contributed by atoms with van der Waals surface area (Å²) in [6.07, 6.45) is 5.37. The number of rotatable bonds is 6. The molecule has 2 rings (SSSR count). The molecular weight excluding hydrogens is 232 g/mol. The van der Waals surface area contributed by atoms with Crippen LogP contribution in [0.3, 0.4) is 0 Å².